The maximum Gasteiger partial charge on any atom is 0.185 e. The van der Waals surface area contributed by atoms with Crippen molar-refractivity contribution < 1.29 is 9.21 Å². The maximum absolute atomic E-state index is 12.5. The van der Waals surface area contributed by atoms with Crippen molar-refractivity contribution in [2.45, 2.75) is 12.8 Å². The molecule has 0 unspecified atom stereocenters. The third-order valence-corrected chi connectivity index (χ3v) is 3.98. The minimum Gasteiger partial charge on any atom is -0.465 e. The van der Waals surface area contributed by atoms with Gasteiger partial charge in [-0.05, 0) is 49.7 Å². The number of hydrogen-bond donors (Lipinski definition) is 0. The third-order valence-electron chi connectivity index (χ3n) is 3.98. The van der Waals surface area contributed by atoms with Gasteiger partial charge in [-0.25, -0.2) is 0 Å². The van der Waals surface area contributed by atoms with E-state index in [4.69, 9.17) is 4.42 Å². The molecule has 4 nitrogen and oxygen atoms in total. The molecule has 1 saturated heterocycles. The molecule has 1 aliphatic rings. The topological polar surface area (TPSA) is 46.3 Å². The predicted molar refractivity (Wildman–Crippen MR) is 85.5 cm³/mol. The number of hydrogen-bond acceptors (Lipinski definition) is 4. The Bertz CT molecular complexity index is 620. The van der Waals surface area contributed by atoms with Gasteiger partial charge in [0.15, 0.2) is 5.78 Å². The molecule has 2 aromatic rings. The summed E-state index contributed by atoms with van der Waals surface area (Å²) in [6, 6.07) is 9.32. The van der Waals surface area contributed by atoms with Crippen LogP contribution in [-0.4, -0.2) is 35.3 Å². The molecule has 114 valence electrons. The molecule has 4 heteroatoms. The Balaban J connectivity index is 1.56. The normalized spacial score (nSPS) is 19.5. The van der Waals surface area contributed by atoms with Gasteiger partial charge in [-0.2, -0.15) is 0 Å². The molecule has 1 atom stereocenters. The molecule has 0 N–H and O–H groups in total. The smallest absolute Gasteiger partial charge is 0.185 e. The monoisotopic (exact) mass is 296 g/mol. The molecule has 0 radical (unpaired) electrons. The van der Waals surface area contributed by atoms with Crippen LogP contribution >= 0.6 is 0 Å². The lowest BCUT2D eigenvalue weighted by atomic mass is 9.92. The van der Waals surface area contributed by atoms with Crippen LogP contribution in [-0.2, 0) is 0 Å². The van der Waals surface area contributed by atoms with Gasteiger partial charge < -0.3 is 4.42 Å². The molecule has 3 rings (SSSR count). The fourth-order valence-corrected chi connectivity index (χ4v) is 2.86. The van der Waals surface area contributed by atoms with E-state index in [1.54, 1.807) is 18.5 Å². The molecular weight excluding hydrogens is 276 g/mol. The van der Waals surface area contributed by atoms with E-state index in [9.17, 15) is 4.79 Å². The highest BCUT2D eigenvalue weighted by Crippen LogP contribution is 2.20. The number of pyridine rings is 1. The Labute approximate surface area is 130 Å². The highest BCUT2D eigenvalue weighted by atomic mass is 16.3. The van der Waals surface area contributed by atoms with E-state index < -0.39 is 0 Å². The number of rotatable bonds is 5. The zero-order chi connectivity index (χ0) is 15.2. The van der Waals surface area contributed by atoms with Gasteiger partial charge in [0, 0.05) is 25.2 Å². The van der Waals surface area contributed by atoms with E-state index in [2.05, 4.69) is 16.0 Å². The van der Waals surface area contributed by atoms with Crippen LogP contribution in [0.25, 0.3) is 6.08 Å². The summed E-state index contributed by atoms with van der Waals surface area (Å²) in [5.41, 5.74) is 0.584. The molecule has 0 bridgehead atoms. The number of carbonyl (C=O) groups is 1. The second kappa shape index (κ2) is 7.18. The molecule has 3 heterocycles. The standard InChI is InChI=1S/C18H20N2O2/c21-18(17-9-1-2-10-19-17)15-6-3-11-20(14-15)12-4-7-16-8-5-13-22-16/h1-2,4-5,7-10,13,15H,3,6,11-12,14H2/b7-4+/t15-/m0/s1. The summed E-state index contributed by atoms with van der Waals surface area (Å²) in [6.45, 7) is 2.68. The van der Waals surface area contributed by atoms with Crippen molar-refractivity contribution in [2.75, 3.05) is 19.6 Å². The first kappa shape index (κ1) is 14.7. The van der Waals surface area contributed by atoms with E-state index in [-0.39, 0.29) is 11.7 Å². The first-order chi connectivity index (χ1) is 10.8. The molecule has 0 aliphatic carbocycles. The van der Waals surface area contributed by atoms with Crippen molar-refractivity contribution in [1.29, 1.82) is 0 Å². The fraction of sp³-hybridized carbons (Fsp3) is 0.333. The van der Waals surface area contributed by atoms with Crippen molar-refractivity contribution >= 4 is 11.9 Å². The zero-order valence-electron chi connectivity index (χ0n) is 12.5. The summed E-state index contributed by atoms with van der Waals surface area (Å²) < 4.78 is 5.27. The Kier molecular flexibility index (Phi) is 4.81. The Morgan fingerprint density at radius 2 is 2.32 bits per heavy atom. The van der Waals surface area contributed by atoms with Gasteiger partial charge in [-0.3, -0.25) is 14.7 Å². The zero-order valence-corrected chi connectivity index (χ0v) is 12.5. The summed E-state index contributed by atoms with van der Waals surface area (Å²) >= 11 is 0. The van der Waals surface area contributed by atoms with Crippen molar-refractivity contribution in [3.8, 4) is 0 Å². The van der Waals surface area contributed by atoms with E-state index in [0.29, 0.717) is 5.69 Å². The number of aromatic nitrogens is 1. The van der Waals surface area contributed by atoms with Crippen molar-refractivity contribution in [3.63, 3.8) is 0 Å². The molecule has 0 saturated carbocycles. The van der Waals surface area contributed by atoms with Gasteiger partial charge in [-0.1, -0.05) is 12.1 Å². The largest absolute Gasteiger partial charge is 0.465 e. The van der Waals surface area contributed by atoms with E-state index >= 15 is 0 Å². The Morgan fingerprint density at radius 1 is 1.36 bits per heavy atom. The van der Waals surface area contributed by atoms with Crippen LogP contribution in [0.15, 0.2) is 53.3 Å². The number of likely N-dealkylation sites (tertiary alicyclic amines) is 1. The number of piperidine rings is 1. The van der Waals surface area contributed by atoms with Crippen LogP contribution in [0.2, 0.25) is 0 Å². The van der Waals surface area contributed by atoms with Gasteiger partial charge in [0.25, 0.3) is 0 Å². The summed E-state index contributed by atoms with van der Waals surface area (Å²) in [5, 5.41) is 0. The van der Waals surface area contributed by atoms with Crippen molar-refractivity contribution in [1.82, 2.24) is 9.88 Å². The number of Topliss-reactive ketones (excluding diaryl/α,β-unsaturated/α-hetero) is 1. The van der Waals surface area contributed by atoms with Crippen LogP contribution < -0.4 is 0 Å². The van der Waals surface area contributed by atoms with Crippen molar-refractivity contribution in [2.24, 2.45) is 5.92 Å². The SMILES string of the molecule is O=C(c1ccccn1)[C@H]1CCCN(C/C=C/c2ccco2)C1. The quantitative estimate of drug-likeness (QED) is 0.794. The predicted octanol–water partition coefficient (Wildman–Crippen LogP) is 3.28. The van der Waals surface area contributed by atoms with Gasteiger partial charge in [0.2, 0.25) is 0 Å². The molecule has 2 aromatic heterocycles. The Morgan fingerprint density at radius 3 is 3.09 bits per heavy atom. The Hall–Kier alpha value is -2.20. The lowest BCUT2D eigenvalue weighted by molar-refractivity contribution is 0.0826. The molecular formula is C18H20N2O2. The molecule has 1 fully saturated rings. The number of nitrogens with zero attached hydrogens (tertiary/aromatic N) is 2. The van der Waals surface area contributed by atoms with Crippen LogP contribution in [0.3, 0.4) is 0 Å². The van der Waals surface area contributed by atoms with E-state index in [1.165, 1.54) is 0 Å². The summed E-state index contributed by atoms with van der Waals surface area (Å²) in [6.07, 6.45) is 9.42. The highest BCUT2D eigenvalue weighted by Gasteiger charge is 2.26. The average molecular weight is 296 g/mol. The van der Waals surface area contributed by atoms with Crippen LogP contribution in [0.5, 0.6) is 0 Å². The maximum atomic E-state index is 12.5. The third kappa shape index (κ3) is 3.71. The van der Waals surface area contributed by atoms with Crippen LogP contribution in [0.4, 0.5) is 0 Å². The molecule has 1 aliphatic heterocycles. The average Bonchev–Trinajstić information content (AvgIpc) is 3.09. The lowest BCUT2D eigenvalue weighted by Gasteiger charge is -2.30. The molecule has 22 heavy (non-hydrogen) atoms. The lowest BCUT2D eigenvalue weighted by Crippen LogP contribution is -2.38. The molecule has 0 spiro atoms. The minimum absolute atomic E-state index is 0.0562. The van der Waals surface area contributed by atoms with Gasteiger partial charge >= 0.3 is 0 Å². The number of carbonyl (C=O) groups excluding carboxylic acids is 1. The van der Waals surface area contributed by atoms with Crippen LogP contribution in [0, 0.1) is 5.92 Å². The molecule has 0 aromatic carbocycles. The van der Waals surface area contributed by atoms with Crippen molar-refractivity contribution in [3.05, 3.63) is 60.3 Å². The number of ketones is 1. The second-order valence-electron chi connectivity index (χ2n) is 5.60. The van der Waals surface area contributed by atoms with E-state index in [0.717, 1.165) is 38.2 Å². The van der Waals surface area contributed by atoms with Gasteiger partial charge in [-0.15, -0.1) is 0 Å². The first-order valence-electron chi connectivity index (χ1n) is 7.70. The molecule has 0 amide bonds. The van der Waals surface area contributed by atoms with E-state index in [1.807, 2.05) is 30.3 Å². The van der Waals surface area contributed by atoms with Gasteiger partial charge in [0.05, 0.1) is 6.26 Å². The fourth-order valence-electron chi connectivity index (χ4n) is 2.86. The minimum atomic E-state index is 0.0562. The summed E-state index contributed by atoms with van der Waals surface area (Å²) in [4.78, 5) is 19.0. The number of furan rings is 1. The summed E-state index contributed by atoms with van der Waals surface area (Å²) in [5.74, 6) is 1.08. The second-order valence-corrected chi connectivity index (χ2v) is 5.60. The van der Waals surface area contributed by atoms with Crippen LogP contribution in [0.1, 0.15) is 29.1 Å². The highest BCUT2D eigenvalue weighted by molar-refractivity contribution is 5.96. The first-order valence-corrected chi connectivity index (χ1v) is 7.70. The summed E-state index contributed by atoms with van der Waals surface area (Å²) in [7, 11) is 0. The van der Waals surface area contributed by atoms with Gasteiger partial charge in [0.1, 0.15) is 11.5 Å².